The van der Waals surface area contributed by atoms with E-state index in [1.165, 1.54) is 17.0 Å². The molecule has 0 aliphatic carbocycles. The molecule has 1 atom stereocenters. The van der Waals surface area contributed by atoms with Crippen LogP contribution in [0.4, 0.5) is 10.1 Å². The molecule has 1 aromatic rings. The summed E-state index contributed by atoms with van der Waals surface area (Å²) >= 11 is 0. The van der Waals surface area contributed by atoms with Gasteiger partial charge in [-0.1, -0.05) is 6.92 Å². The van der Waals surface area contributed by atoms with Gasteiger partial charge in [0.05, 0.1) is 11.3 Å². The maximum Gasteiger partial charge on any atom is 0.299 e. The van der Waals surface area contributed by atoms with Gasteiger partial charge in [0.15, 0.2) is 0 Å². The van der Waals surface area contributed by atoms with Crippen LogP contribution in [0.5, 0.6) is 0 Å². The van der Waals surface area contributed by atoms with Crippen LogP contribution in [0.25, 0.3) is 0 Å². The molecule has 0 radical (unpaired) electrons. The van der Waals surface area contributed by atoms with Crippen LogP contribution in [0.1, 0.15) is 38.1 Å². The average Bonchev–Trinajstić information content (AvgIpc) is 2.61. The van der Waals surface area contributed by atoms with Gasteiger partial charge in [0, 0.05) is 12.1 Å². The van der Waals surface area contributed by atoms with E-state index < -0.39 is 17.5 Å². The molecule has 1 aliphatic heterocycles. The van der Waals surface area contributed by atoms with E-state index in [0.29, 0.717) is 12.2 Å². The topological polar surface area (TPSA) is 49.4 Å². The molecule has 2 rings (SSSR count). The minimum Gasteiger partial charge on any atom is -0.312 e. The Balaban J connectivity index is 2.11. The van der Waals surface area contributed by atoms with Gasteiger partial charge in [-0.05, 0) is 51.4 Å². The number of anilines is 1. The summed E-state index contributed by atoms with van der Waals surface area (Å²) in [5, 5.41) is 3.37. The third kappa shape index (κ3) is 3.47. The maximum atomic E-state index is 13.2. The van der Waals surface area contributed by atoms with Crippen LogP contribution in [0.3, 0.4) is 0 Å². The third-order valence-corrected chi connectivity index (χ3v) is 3.41. The summed E-state index contributed by atoms with van der Waals surface area (Å²) in [6.07, 6.45) is 0. The monoisotopic (exact) mass is 292 g/mol. The molecule has 1 unspecified atom stereocenters. The predicted octanol–water partition coefficient (Wildman–Crippen LogP) is 2.38. The zero-order chi connectivity index (χ0) is 15.8. The van der Waals surface area contributed by atoms with Gasteiger partial charge in [0.25, 0.3) is 11.7 Å². The number of hydrogen-bond donors (Lipinski definition) is 1. The maximum absolute atomic E-state index is 13.2. The Morgan fingerprint density at radius 3 is 2.57 bits per heavy atom. The number of carbonyl (C=O) groups is 2. The Kier molecular flexibility index (Phi) is 4.14. The Labute approximate surface area is 124 Å². The van der Waals surface area contributed by atoms with Crippen LogP contribution >= 0.6 is 0 Å². The van der Waals surface area contributed by atoms with Crippen LogP contribution in [-0.4, -0.2) is 30.3 Å². The second-order valence-electron chi connectivity index (χ2n) is 6.64. The molecule has 114 valence electrons. The van der Waals surface area contributed by atoms with Crippen molar-refractivity contribution < 1.29 is 14.0 Å². The number of benzene rings is 1. The predicted molar refractivity (Wildman–Crippen MR) is 80.0 cm³/mol. The molecule has 1 amide bonds. The van der Waals surface area contributed by atoms with E-state index in [9.17, 15) is 14.0 Å². The van der Waals surface area contributed by atoms with Crippen molar-refractivity contribution in [3.8, 4) is 0 Å². The van der Waals surface area contributed by atoms with E-state index in [4.69, 9.17) is 0 Å². The number of halogens is 1. The Bertz CT molecular complexity index is 578. The summed E-state index contributed by atoms with van der Waals surface area (Å²) in [6, 6.07) is 3.90. The van der Waals surface area contributed by atoms with Gasteiger partial charge in [-0.15, -0.1) is 0 Å². The molecule has 4 nitrogen and oxygen atoms in total. The van der Waals surface area contributed by atoms with Gasteiger partial charge in [-0.25, -0.2) is 4.39 Å². The molecule has 1 N–H and O–H groups in total. The van der Waals surface area contributed by atoms with Crippen molar-refractivity contribution in [2.24, 2.45) is 5.92 Å². The number of nitrogens with zero attached hydrogens (tertiary/aromatic N) is 1. The molecule has 0 saturated heterocycles. The van der Waals surface area contributed by atoms with Crippen molar-refractivity contribution >= 4 is 17.4 Å². The summed E-state index contributed by atoms with van der Waals surface area (Å²) < 4.78 is 13.2. The van der Waals surface area contributed by atoms with Gasteiger partial charge in [-0.2, -0.15) is 0 Å². The summed E-state index contributed by atoms with van der Waals surface area (Å²) in [4.78, 5) is 25.4. The number of carbonyl (C=O) groups excluding carboxylic acids is 2. The van der Waals surface area contributed by atoms with Crippen LogP contribution < -0.4 is 10.2 Å². The molecule has 5 heteroatoms. The smallest absolute Gasteiger partial charge is 0.299 e. The Hall–Kier alpha value is -1.75. The van der Waals surface area contributed by atoms with E-state index in [-0.39, 0.29) is 17.0 Å². The lowest BCUT2D eigenvalue weighted by Gasteiger charge is -2.26. The van der Waals surface area contributed by atoms with Crippen molar-refractivity contribution in [3.05, 3.63) is 29.6 Å². The minimum absolute atomic E-state index is 0.000132. The third-order valence-electron chi connectivity index (χ3n) is 3.41. The largest absolute Gasteiger partial charge is 0.312 e. The SMILES string of the molecule is CC(CNC(C)(C)C)CN1C(=O)C(=O)c2cc(F)ccc21. The summed E-state index contributed by atoms with van der Waals surface area (Å²) in [5.41, 5.74) is 0.671. The lowest BCUT2D eigenvalue weighted by molar-refractivity contribution is -0.114. The van der Waals surface area contributed by atoms with Crippen molar-refractivity contribution in [1.82, 2.24) is 5.32 Å². The highest BCUT2D eigenvalue weighted by molar-refractivity contribution is 6.52. The summed E-state index contributed by atoms with van der Waals surface area (Å²) in [6.45, 7) is 9.40. The van der Waals surface area contributed by atoms with E-state index in [1.54, 1.807) is 0 Å². The fraction of sp³-hybridized carbons (Fsp3) is 0.500. The van der Waals surface area contributed by atoms with Gasteiger partial charge < -0.3 is 10.2 Å². The number of Topliss-reactive ketones (excluding diaryl/α,β-unsaturated/α-hetero) is 1. The summed E-state index contributed by atoms with van der Waals surface area (Å²) in [5.74, 6) is -1.52. The molecule has 0 saturated carbocycles. The molecule has 0 bridgehead atoms. The van der Waals surface area contributed by atoms with E-state index in [2.05, 4.69) is 26.1 Å². The van der Waals surface area contributed by atoms with E-state index in [1.807, 2.05) is 6.92 Å². The lowest BCUT2D eigenvalue weighted by Crippen LogP contribution is -2.42. The van der Waals surface area contributed by atoms with Crippen LogP contribution in [0.15, 0.2) is 18.2 Å². The zero-order valence-corrected chi connectivity index (χ0v) is 12.9. The highest BCUT2D eigenvalue weighted by Crippen LogP contribution is 2.30. The van der Waals surface area contributed by atoms with Crippen molar-refractivity contribution in [1.29, 1.82) is 0 Å². The molecular formula is C16H21FN2O2. The Morgan fingerprint density at radius 1 is 1.29 bits per heavy atom. The number of hydrogen-bond acceptors (Lipinski definition) is 3. The summed E-state index contributed by atoms with van der Waals surface area (Å²) in [7, 11) is 0. The lowest BCUT2D eigenvalue weighted by atomic mass is 10.1. The number of rotatable bonds is 4. The Morgan fingerprint density at radius 2 is 1.95 bits per heavy atom. The molecule has 1 aliphatic rings. The first kappa shape index (κ1) is 15.6. The van der Waals surface area contributed by atoms with Gasteiger partial charge in [0.2, 0.25) is 0 Å². The number of nitrogens with one attached hydrogen (secondary N) is 1. The van der Waals surface area contributed by atoms with Gasteiger partial charge >= 0.3 is 0 Å². The fourth-order valence-electron chi connectivity index (χ4n) is 2.31. The molecule has 1 aromatic carbocycles. The van der Waals surface area contributed by atoms with Crippen LogP contribution in [-0.2, 0) is 4.79 Å². The van der Waals surface area contributed by atoms with Crippen molar-refractivity contribution in [3.63, 3.8) is 0 Å². The molecular weight excluding hydrogens is 271 g/mol. The highest BCUT2D eigenvalue weighted by atomic mass is 19.1. The van der Waals surface area contributed by atoms with E-state index >= 15 is 0 Å². The minimum atomic E-state index is -0.625. The zero-order valence-electron chi connectivity index (χ0n) is 12.9. The van der Waals surface area contributed by atoms with Crippen molar-refractivity contribution in [2.45, 2.75) is 33.2 Å². The second-order valence-corrected chi connectivity index (χ2v) is 6.64. The molecule has 1 heterocycles. The van der Waals surface area contributed by atoms with Gasteiger partial charge in [0.1, 0.15) is 5.82 Å². The average molecular weight is 292 g/mol. The normalized spacial score (nSPS) is 16.3. The number of fused-ring (bicyclic) bond motifs is 1. The molecule has 0 fully saturated rings. The van der Waals surface area contributed by atoms with Crippen LogP contribution in [0, 0.1) is 11.7 Å². The molecule has 21 heavy (non-hydrogen) atoms. The first-order valence-electron chi connectivity index (χ1n) is 7.10. The standard InChI is InChI=1S/C16H21FN2O2/c1-10(8-18-16(2,3)4)9-19-13-6-5-11(17)7-12(13)14(20)15(19)21/h5-7,10,18H,8-9H2,1-4H3. The second kappa shape index (κ2) is 5.56. The van der Waals surface area contributed by atoms with Crippen molar-refractivity contribution in [2.75, 3.05) is 18.0 Å². The first-order valence-corrected chi connectivity index (χ1v) is 7.10. The van der Waals surface area contributed by atoms with E-state index in [0.717, 1.165) is 12.6 Å². The first-order chi connectivity index (χ1) is 9.69. The van der Waals surface area contributed by atoms with Gasteiger partial charge in [-0.3, -0.25) is 9.59 Å². The molecule has 0 spiro atoms. The fourth-order valence-corrected chi connectivity index (χ4v) is 2.31. The number of ketones is 1. The quantitative estimate of drug-likeness (QED) is 0.867. The highest BCUT2D eigenvalue weighted by Gasteiger charge is 2.36. The molecule has 0 aromatic heterocycles. The van der Waals surface area contributed by atoms with Crippen LogP contribution in [0.2, 0.25) is 0 Å². The number of amides is 1.